The number of nitrogen functional groups attached to an aromatic ring is 1. The van der Waals surface area contributed by atoms with Crippen LogP contribution in [0.4, 0.5) is 5.69 Å². The Hall–Kier alpha value is -1.69. The van der Waals surface area contributed by atoms with Gasteiger partial charge in [-0.2, -0.15) is 5.26 Å². The zero-order chi connectivity index (χ0) is 9.47. The Labute approximate surface area is 76.4 Å². The molecule has 3 heteroatoms. The first-order valence-electron chi connectivity index (χ1n) is 4.18. The molecule has 13 heavy (non-hydrogen) atoms. The number of phenolic OH excluding ortho intramolecular Hbond substituents is 1. The number of aromatic hydroxyl groups is 1. The fourth-order valence-corrected chi connectivity index (χ4v) is 1.43. The van der Waals surface area contributed by atoms with Crippen LogP contribution in [0.2, 0.25) is 0 Å². The molecule has 0 atom stereocenters. The van der Waals surface area contributed by atoms with Crippen molar-refractivity contribution in [2.24, 2.45) is 0 Å². The third kappa shape index (κ3) is 1.11. The van der Waals surface area contributed by atoms with Crippen molar-refractivity contribution in [3.05, 3.63) is 23.8 Å². The van der Waals surface area contributed by atoms with Gasteiger partial charge in [0, 0.05) is 0 Å². The fourth-order valence-electron chi connectivity index (χ4n) is 1.43. The smallest absolute Gasteiger partial charge is 0.138 e. The summed E-state index contributed by atoms with van der Waals surface area (Å²) in [5.74, 6) is 0.0685. The molecule has 1 aliphatic rings. The van der Waals surface area contributed by atoms with E-state index < -0.39 is 0 Å². The van der Waals surface area contributed by atoms with Gasteiger partial charge in [0.05, 0.1) is 17.2 Å². The monoisotopic (exact) mass is 174 g/mol. The van der Waals surface area contributed by atoms with Crippen LogP contribution in [0.15, 0.2) is 18.2 Å². The van der Waals surface area contributed by atoms with Crippen LogP contribution >= 0.6 is 0 Å². The summed E-state index contributed by atoms with van der Waals surface area (Å²) in [6, 6.07) is 7.30. The molecule has 0 saturated heterocycles. The minimum absolute atomic E-state index is 0.0685. The highest BCUT2D eigenvalue weighted by molar-refractivity contribution is 5.56. The van der Waals surface area contributed by atoms with E-state index in [1.807, 2.05) is 6.07 Å². The van der Waals surface area contributed by atoms with Crippen LogP contribution < -0.4 is 5.73 Å². The van der Waals surface area contributed by atoms with Crippen LogP contribution in [0.3, 0.4) is 0 Å². The molecule has 0 amide bonds. The van der Waals surface area contributed by atoms with Crippen molar-refractivity contribution in [3.8, 4) is 11.8 Å². The second-order valence-electron chi connectivity index (χ2n) is 3.47. The minimum atomic E-state index is -0.342. The van der Waals surface area contributed by atoms with Gasteiger partial charge in [-0.15, -0.1) is 0 Å². The van der Waals surface area contributed by atoms with Gasteiger partial charge in [-0.25, -0.2) is 0 Å². The van der Waals surface area contributed by atoms with E-state index in [2.05, 4.69) is 6.07 Å². The van der Waals surface area contributed by atoms with Crippen LogP contribution in [0, 0.1) is 11.3 Å². The van der Waals surface area contributed by atoms with E-state index >= 15 is 0 Å². The van der Waals surface area contributed by atoms with E-state index in [0.29, 0.717) is 5.69 Å². The Morgan fingerprint density at radius 3 is 2.62 bits per heavy atom. The summed E-state index contributed by atoms with van der Waals surface area (Å²) >= 11 is 0. The lowest BCUT2D eigenvalue weighted by Crippen LogP contribution is -2.02. The number of rotatable bonds is 1. The van der Waals surface area contributed by atoms with Crippen LogP contribution in [0.1, 0.15) is 18.4 Å². The maximum Gasteiger partial charge on any atom is 0.138 e. The molecule has 0 radical (unpaired) electrons. The molecule has 1 aromatic carbocycles. The van der Waals surface area contributed by atoms with Gasteiger partial charge in [0.2, 0.25) is 0 Å². The van der Waals surface area contributed by atoms with Crippen molar-refractivity contribution in [1.82, 2.24) is 0 Å². The van der Waals surface area contributed by atoms with Crippen LogP contribution in [-0.2, 0) is 5.41 Å². The molecule has 0 unspecified atom stereocenters. The number of hydrogen-bond acceptors (Lipinski definition) is 3. The third-order valence-electron chi connectivity index (χ3n) is 2.55. The van der Waals surface area contributed by atoms with Crippen molar-refractivity contribution >= 4 is 5.69 Å². The average Bonchev–Trinajstić information content (AvgIpc) is 2.90. The molecule has 1 saturated carbocycles. The number of benzene rings is 1. The fraction of sp³-hybridized carbons (Fsp3) is 0.300. The average molecular weight is 174 g/mol. The molecule has 0 heterocycles. The molecular formula is C10H10N2O. The number of hydrogen-bond donors (Lipinski definition) is 2. The van der Waals surface area contributed by atoms with Crippen LogP contribution in [0.25, 0.3) is 0 Å². The van der Waals surface area contributed by atoms with Gasteiger partial charge >= 0.3 is 0 Å². The van der Waals surface area contributed by atoms with Gasteiger partial charge in [-0.1, -0.05) is 6.07 Å². The summed E-state index contributed by atoms with van der Waals surface area (Å²) in [5.41, 5.74) is 6.35. The van der Waals surface area contributed by atoms with Crippen molar-refractivity contribution in [1.29, 1.82) is 5.26 Å². The highest BCUT2D eigenvalue weighted by Crippen LogP contribution is 2.48. The number of anilines is 1. The lowest BCUT2D eigenvalue weighted by atomic mass is 9.97. The van der Waals surface area contributed by atoms with Gasteiger partial charge in [0.25, 0.3) is 0 Å². The zero-order valence-electron chi connectivity index (χ0n) is 7.12. The first kappa shape index (κ1) is 7.93. The van der Waals surface area contributed by atoms with E-state index in [9.17, 15) is 5.11 Å². The predicted octanol–water partition coefficient (Wildman–Crippen LogP) is 1.53. The molecule has 3 N–H and O–H groups in total. The number of nitrogens with two attached hydrogens (primary N) is 1. The lowest BCUT2D eigenvalue weighted by molar-refractivity contribution is 0.477. The Kier molecular flexibility index (Phi) is 1.46. The van der Waals surface area contributed by atoms with E-state index in [0.717, 1.165) is 18.4 Å². The van der Waals surface area contributed by atoms with Crippen molar-refractivity contribution < 1.29 is 5.11 Å². The standard InChI is InChI=1S/C10H10N2O/c11-6-10(3-4-10)7-1-2-8(12)9(13)5-7/h1-2,5,13H,3-4,12H2. The van der Waals surface area contributed by atoms with E-state index in [-0.39, 0.29) is 11.2 Å². The lowest BCUT2D eigenvalue weighted by Gasteiger charge is -2.07. The summed E-state index contributed by atoms with van der Waals surface area (Å²) in [6.07, 6.45) is 1.76. The van der Waals surface area contributed by atoms with Gasteiger partial charge in [0.15, 0.2) is 0 Å². The predicted molar refractivity (Wildman–Crippen MR) is 49.0 cm³/mol. The van der Waals surface area contributed by atoms with Gasteiger partial charge in [0.1, 0.15) is 5.75 Å². The molecule has 2 rings (SSSR count). The maximum absolute atomic E-state index is 9.35. The molecular weight excluding hydrogens is 164 g/mol. The van der Waals surface area contributed by atoms with Crippen molar-refractivity contribution in [2.45, 2.75) is 18.3 Å². The summed E-state index contributed by atoms with van der Waals surface area (Å²) < 4.78 is 0. The molecule has 1 fully saturated rings. The molecule has 66 valence electrons. The highest BCUT2D eigenvalue weighted by Gasteiger charge is 2.45. The molecule has 0 aliphatic heterocycles. The minimum Gasteiger partial charge on any atom is -0.506 e. The molecule has 0 aromatic heterocycles. The van der Waals surface area contributed by atoms with Gasteiger partial charge in [-0.05, 0) is 30.5 Å². The Bertz CT molecular complexity index is 388. The van der Waals surface area contributed by atoms with Crippen LogP contribution in [0.5, 0.6) is 5.75 Å². The zero-order valence-corrected chi connectivity index (χ0v) is 7.12. The number of nitriles is 1. The van der Waals surface area contributed by atoms with E-state index in [1.54, 1.807) is 12.1 Å². The van der Waals surface area contributed by atoms with Crippen molar-refractivity contribution in [3.63, 3.8) is 0 Å². The Morgan fingerprint density at radius 1 is 1.46 bits per heavy atom. The summed E-state index contributed by atoms with van der Waals surface area (Å²) in [4.78, 5) is 0. The SMILES string of the molecule is N#CC1(c2ccc(N)c(O)c2)CC1. The second kappa shape index (κ2) is 2.40. The molecule has 0 spiro atoms. The van der Waals surface area contributed by atoms with Crippen molar-refractivity contribution in [2.75, 3.05) is 5.73 Å². The number of nitrogens with zero attached hydrogens (tertiary/aromatic N) is 1. The maximum atomic E-state index is 9.35. The first-order chi connectivity index (χ1) is 6.18. The first-order valence-corrected chi connectivity index (χ1v) is 4.18. The highest BCUT2D eigenvalue weighted by atomic mass is 16.3. The molecule has 3 nitrogen and oxygen atoms in total. The van der Waals surface area contributed by atoms with E-state index in [4.69, 9.17) is 11.0 Å². The van der Waals surface area contributed by atoms with E-state index in [1.165, 1.54) is 0 Å². The van der Waals surface area contributed by atoms with Crippen LogP contribution in [-0.4, -0.2) is 5.11 Å². The third-order valence-corrected chi connectivity index (χ3v) is 2.55. The van der Waals surface area contributed by atoms with Gasteiger partial charge in [-0.3, -0.25) is 0 Å². The normalized spacial score (nSPS) is 17.8. The van der Waals surface area contributed by atoms with Gasteiger partial charge < -0.3 is 10.8 Å². The summed E-state index contributed by atoms with van der Waals surface area (Å²) in [7, 11) is 0. The number of phenols is 1. The summed E-state index contributed by atoms with van der Waals surface area (Å²) in [6.45, 7) is 0. The molecule has 1 aliphatic carbocycles. The Morgan fingerprint density at radius 2 is 2.15 bits per heavy atom. The largest absolute Gasteiger partial charge is 0.506 e. The second-order valence-corrected chi connectivity index (χ2v) is 3.47. The molecule has 0 bridgehead atoms. The topological polar surface area (TPSA) is 70.0 Å². The summed E-state index contributed by atoms with van der Waals surface area (Å²) in [5, 5.41) is 18.3. The molecule has 1 aromatic rings. The quantitative estimate of drug-likeness (QED) is 0.501. The Balaban J connectivity index is 2.44.